The first kappa shape index (κ1) is 11.7. The molecule has 2 amide bonds. The Morgan fingerprint density at radius 1 is 1.62 bits per heavy atom. The number of nitrogens with one attached hydrogen (secondary N) is 2. The monoisotopic (exact) mass is 243 g/mol. The van der Waals surface area contributed by atoms with Gasteiger partial charge in [0.1, 0.15) is 6.04 Å². The number of nitrogens with zero attached hydrogens (tertiary/aromatic N) is 1. The fourth-order valence-corrected chi connectivity index (χ4v) is 2.92. The zero-order valence-electron chi connectivity index (χ0n) is 9.36. The summed E-state index contributed by atoms with van der Waals surface area (Å²) in [5.74, 6) is 0.636. The molecule has 2 aliphatic rings. The van der Waals surface area contributed by atoms with E-state index in [0.717, 1.165) is 25.9 Å². The van der Waals surface area contributed by atoms with Crippen LogP contribution in [0.15, 0.2) is 0 Å². The molecular formula is C10H17N3O2S. The highest BCUT2D eigenvalue weighted by Crippen LogP contribution is 2.17. The van der Waals surface area contributed by atoms with Crippen LogP contribution in [0.2, 0.25) is 0 Å². The summed E-state index contributed by atoms with van der Waals surface area (Å²) in [6.45, 7) is 1.57. The molecule has 0 aliphatic carbocycles. The Morgan fingerprint density at radius 2 is 2.44 bits per heavy atom. The molecule has 5 nitrogen and oxygen atoms in total. The lowest BCUT2D eigenvalue weighted by Crippen LogP contribution is -2.52. The number of rotatable bonds is 2. The minimum atomic E-state index is -0.312. The second-order valence-electron chi connectivity index (χ2n) is 4.21. The predicted octanol–water partition coefficient (Wildman–Crippen LogP) is 0.0218. The van der Waals surface area contributed by atoms with E-state index < -0.39 is 0 Å². The van der Waals surface area contributed by atoms with Crippen LogP contribution in [0.4, 0.5) is 4.79 Å². The zero-order chi connectivity index (χ0) is 11.5. The van der Waals surface area contributed by atoms with Crippen molar-refractivity contribution in [1.29, 1.82) is 0 Å². The Hall–Kier alpha value is -0.750. The van der Waals surface area contributed by atoms with Gasteiger partial charge in [0.25, 0.3) is 5.24 Å². The maximum absolute atomic E-state index is 12.1. The molecule has 0 aromatic carbocycles. The fourth-order valence-electron chi connectivity index (χ4n) is 2.15. The summed E-state index contributed by atoms with van der Waals surface area (Å²) in [5, 5.41) is 5.82. The van der Waals surface area contributed by atoms with E-state index in [4.69, 9.17) is 0 Å². The van der Waals surface area contributed by atoms with E-state index in [9.17, 15) is 9.59 Å². The average Bonchev–Trinajstić information content (AvgIpc) is 2.75. The third-order valence-corrected chi connectivity index (χ3v) is 3.99. The van der Waals surface area contributed by atoms with E-state index in [-0.39, 0.29) is 17.2 Å². The van der Waals surface area contributed by atoms with Crippen LogP contribution in [0, 0.1) is 0 Å². The number of piperidine rings is 1. The number of likely N-dealkylation sites (tertiary alicyclic amines) is 1. The van der Waals surface area contributed by atoms with Gasteiger partial charge in [0, 0.05) is 24.9 Å². The van der Waals surface area contributed by atoms with Crippen molar-refractivity contribution in [2.75, 3.05) is 25.9 Å². The molecule has 0 aromatic heterocycles. The lowest BCUT2D eigenvalue weighted by molar-refractivity contribution is -0.133. The molecule has 0 saturated carbocycles. The van der Waals surface area contributed by atoms with Crippen molar-refractivity contribution in [3.63, 3.8) is 0 Å². The van der Waals surface area contributed by atoms with Crippen LogP contribution in [-0.4, -0.2) is 54.0 Å². The lowest BCUT2D eigenvalue weighted by atomic mass is 10.1. The quantitative estimate of drug-likeness (QED) is 0.718. The molecule has 2 heterocycles. The SMILES string of the molecule is CNC1CCCN(C(=O)C2CSC(=O)N2)C1. The van der Waals surface area contributed by atoms with Gasteiger partial charge in [-0.05, 0) is 19.9 Å². The Kier molecular flexibility index (Phi) is 3.70. The highest BCUT2D eigenvalue weighted by Gasteiger charge is 2.33. The second-order valence-corrected chi connectivity index (χ2v) is 5.20. The van der Waals surface area contributed by atoms with Crippen LogP contribution in [0.25, 0.3) is 0 Å². The molecule has 0 spiro atoms. The molecule has 6 heteroatoms. The van der Waals surface area contributed by atoms with Gasteiger partial charge in [-0.3, -0.25) is 9.59 Å². The van der Waals surface area contributed by atoms with Crippen molar-refractivity contribution < 1.29 is 9.59 Å². The van der Waals surface area contributed by atoms with E-state index in [2.05, 4.69) is 10.6 Å². The minimum Gasteiger partial charge on any atom is -0.339 e. The highest BCUT2D eigenvalue weighted by atomic mass is 32.2. The Balaban J connectivity index is 1.91. The van der Waals surface area contributed by atoms with Crippen LogP contribution in [0.5, 0.6) is 0 Å². The Bertz CT molecular complexity index is 298. The predicted molar refractivity (Wildman–Crippen MR) is 63.4 cm³/mol. The summed E-state index contributed by atoms with van der Waals surface area (Å²) in [6, 6.07) is 0.0792. The van der Waals surface area contributed by atoms with Crippen LogP contribution >= 0.6 is 11.8 Å². The van der Waals surface area contributed by atoms with Crippen LogP contribution in [0.3, 0.4) is 0 Å². The van der Waals surface area contributed by atoms with Crippen molar-refractivity contribution in [1.82, 2.24) is 15.5 Å². The number of hydrogen-bond acceptors (Lipinski definition) is 4. The van der Waals surface area contributed by atoms with Gasteiger partial charge >= 0.3 is 0 Å². The fraction of sp³-hybridized carbons (Fsp3) is 0.800. The van der Waals surface area contributed by atoms with Crippen molar-refractivity contribution in [3.05, 3.63) is 0 Å². The smallest absolute Gasteiger partial charge is 0.279 e. The van der Waals surface area contributed by atoms with Gasteiger partial charge in [0.2, 0.25) is 5.91 Å². The zero-order valence-corrected chi connectivity index (χ0v) is 10.2. The third kappa shape index (κ3) is 2.49. The molecule has 0 radical (unpaired) electrons. The average molecular weight is 243 g/mol. The molecule has 16 heavy (non-hydrogen) atoms. The summed E-state index contributed by atoms with van der Waals surface area (Å²) in [6.07, 6.45) is 2.15. The number of likely N-dealkylation sites (N-methyl/N-ethyl adjacent to an activating group) is 1. The van der Waals surface area contributed by atoms with Crippen molar-refractivity contribution in [3.8, 4) is 0 Å². The van der Waals surface area contributed by atoms with Gasteiger partial charge in [0.05, 0.1) is 0 Å². The lowest BCUT2D eigenvalue weighted by Gasteiger charge is -2.33. The van der Waals surface area contributed by atoms with E-state index >= 15 is 0 Å². The topological polar surface area (TPSA) is 61.4 Å². The first-order valence-electron chi connectivity index (χ1n) is 5.60. The highest BCUT2D eigenvalue weighted by molar-refractivity contribution is 8.14. The normalized spacial score (nSPS) is 30.3. The van der Waals surface area contributed by atoms with Crippen molar-refractivity contribution in [2.45, 2.75) is 24.9 Å². The Labute approximate surface area is 99.3 Å². The molecule has 2 unspecified atom stereocenters. The molecule has 2 atom stereocenters. The molecule has 2 aliphatic heterocycles. The van der Waals surface area contributed by atoms with Gasteiger partial charge in [-0.15, -0.1) is 0 Å². The third-order valence-electron chi connectivity index (χ3n) is 3.11. The summed E-state index contributed by atoms with van der Waals surface area (Å²) >= 11 is 1.19. The van der Waals surface area contributed by atoms with E-state index in [1.807, 2.05) is 11.9 Å². The van der Waals surface area contributed by atoms with E-state index in [1.54, 1.807) is 0 Å². The summed E-state index contributed by atoms with van der Waals surface area (Å²) in [7, 11) is 1.92. The molecule has 2 fully saturated rings. The maximum atomic E-state index is 12.1. The standard InChI is InChI=1S/C10H17N3O2S/c1-11-7-3-2-4-13(5-7)9(14)8-6-16-10(15)12-8/h7-8,11H,2-6H2,1H3,(H,12,15). The number of carbonyl (C=O) groups excluding carboxylic acids is 2. The molecule has 2 N–H and O–H groups in total. The molecule has 90 valence electrons. The van der Waals surface area contributed by atoms with Crippen molar-refractivity contribution in [2.24, 2.45) is 0 Å². The summed E-state index contributed by atoms with van der Waals surface area (Å²) < 4.78 is 0. The second kappa shape index (κ2) is 5.05. The largest absolute Gasteiger partial charge is 0.339 e. The summed E-state index contributed by atoms with van der Waals surface area (Å²) in [5.41, 5.74) is 0. The molecule has 2 rings (SSSR count). The maximum Gasteiger partial charge on any atom is 0.279 e. The van der Waals surface area contributed by atoms with E-state index in [0.29, 0.717) is 11.8 Å². The molecular weight excluding hydrogens is 226 g/mol. The van der Waals surface area contributed by atoms with Crippen LogP contribution in [-0.2, 0) is 4.79 Å². The van der Waals surface area contributed by atoms with Gasteiger partial charge in [-0.25, -0.2) is 0 Å². The Morgan fingerprint density at radius 3 is 3.06 bits per heavy atom. The molecule has 0 aromatic rings. The van der Waals surface area contributed by atoms with Crippen LogP contribution in [0.1, 0.15) is 12.8 Å². The molecule has 0 bridgehead atoms. The van der Waals surface area contributed by atoms with Crippen LogP contribution < -0.4 is 10.6 Å². The minimum absolute atomic E-state index is 0.0679. The van der Waals surface area contributed by atoms with Gasteiger partial charge < -0.3 is 15.5 Å². The number of amides is 2. The van der Waals surface area contributed by atoms with Gasteiger partial charge in [-0.2, -0.15) is 0 Å². The number of hydrogen-bond donors (Lipinski definition) is 2. The number of thioether (sulfide) groups is 1. The molecule has 2 saturated heterocycles. The summed E-state index contributed by atoms with van der Waals surface area (Å²) in [4.78, 5) is 25.0. The van der Waals surface area contributed by atoms with Gasteiger partial charge in [-0.1, -0.05) is 11.8 Å². The first-order valence-corrected chi connectivity index (χ1v) is 6.58. The van der Waals surface area contributed by atoms with Gasteiger partial charge in [0.15, 0.2) is 0 Å². The van der Waals surface area contributed by atoms with E-state index in [1.165, 1.54) is 11.8 Å². The number of carbonyl (C=O) groups is 2. The first-order chi connectivity index (χ1) is 7.70. The van der Waals surface area contributed by atoms with Crippen molar-refractivity contribution >= 4 is 22.9 Å².